The summed E-state index contributed by atoms with van der Waals surface area (Å²) < 4.78 is 28.4. The Morgan fingerprint density at radius 3 is 2.46 bits per heavy atom. The van der Waals surface area contributed by atoms with Crippen LogP contribution in [-0.2, 0) is 29.5 Å². The van der Waals surface area contributed by atoms with Gasteiger partial charge in [0.2, 0.25) is 11.1 Å². The van der Waals surface area contributed by atoms with E-state index in [1.54, 1.807) is 20.8 Å². The highest BCUT2D eigenvalue weighted by Crippen LogP contribution is 2.25. The van der Waals surface area contributed by atoms with E-state index in [0.29, 0.717) is 5.57 Å². The lowest BCUT2D eigenvalue weighted by atomic mass is 10.2. The molecule has 1 unspecified atom stereocenters. The van der Waals surface area contributed by atoms with Crippen molar-refractivity contribution >= 4 is 28.7 Å². The summed E-state index contributed by atoms with van der Waals surface area (Å²) in [5.74, 6) is -1.53. The summed E-state index contributed by atoms with van der Waals surface area (Å²) in [6.45, 7) is 4.85. The Balaban J connectivity index is 2.78. The Bertz CT molecular complexity index is 794. The molecule has 8 nitrogen and oxygen atoms in total. The molecule has 24 heavy (non-hydrogen) atoms. The first kappa shape index (κ1) is 18.1. The zero-order valence-corrected chi connectivity index (χ0v) is 14.3. The van der Waals surface area contributed by atoms with Gasteiger partial charge < -0.3 is 9.47 Å². The molecule has 1 aliphatic heterocycles. The standard InChI is InChI=1S/C15H17NO7S/c1-4-21-14(18)10-6-7-11(17)16-12(15(19)22-5-2)9(3)8-23-24(20)13(10)16/h6-7H,4-5,8H2,1-3H3. The van der Waals surface area contributed by atoms with Gasteiger partial charge in [-0.05, 0) is 32.4 Å². The van der Waals surface area contributed by atoms with Crippen molar-refractivity contribution in [3.8, 4) is 0 Å². The number of carbonyl (C=O) groups excluding carboxylic acids is 2. The zero-order chi connectivity index (χ0) is 17.9. The van der Waals surface area contributed by atoms with Gasteiger partial charge in [-0.1, -0.05) is 0 Å². The van der Waals surface area contributed by atoms with Crippen LogP contribution in [0.4, 0.5) is 0 Å². The van der Waals surface area contributed by atoms with Gasteiger partial charge in [0.25, 0.3) is 5.56 Å². The molecule has 0 saturated heterocycles. The maximum Gasteiger partial charge on any atom is 0.355 e. The Hall–Kier alpha value is -2.26. The van der Waals surface area contributed by atoms with E-state index in [9.17, 15) is 18.6 Å². The second-order valence-electron chi connectivity index (χ2n) is 4.79. The van der Waals surface area contributed by atoms with Gasteiger partial charge in [0.15, 0.2) is 5.03 Å². The molecule has 0 aromatic carbocycles. The third kappa shape index (κ3) is 3.31. The van der Waals surface area contributed by atoms with Crippen LogP contribution in [0, 0.1) is 0 Å². The van der Waals surface area contributed by atoms with E-state index in [2.05, 4.69) is 0 Å². The molecule has 130 valence electrons. The number of hydrogen-bond acceptors (Lipinski definition) is 7. The molecule has 1 aromatic rings. The van der Waals surface area contributed by atoms with Gasteiger partial charge in [0, 0.05) is 6.07 Å². The highest BCUT2D eigenvalue weighted by molar-refractivity contribution is 7.80. The second kappa shape index (κ2) is 7.54. The fraction of sp³-hybridized carbons (Fsp3) is 0.400. The third-order valence-electron chi connectivity index (χ3n) is 3.18. The van der Waals surface area contributed by atoms with E-state index in [-0.39, 0.29) is 36.1 Å². The van der Waals surface area contributed by atoms with Crippen molar-refractivity contribution in [2.45, 2.75) is 25.8 Å². The van der Waals surface area contributed by atoms with Crippen molar-refractivity contribution in [3.63, 3.8) is 0 Å². The van der Waals surface area contributed by atoms with E-state index in [1.165, 1.54) is 6.07 Å². The first-order chi connectivity index (χ1) is 11.4. The molecule has 0 spiro atoms. The highest BCUT2D eigenvalue weighted by Gasteiger charge is 2.31. The van der Waals surface area contributed by atoms with Crippen molar-refractivity contribution in [2.75, 3.05) is 19.8 Å². The molecule has 0 aliphatic carbocycles. The van der Waals surface area contributed by atoms with Crippen molar-refractivity contribution in [3.05, 3.63) is 33.6 Å². The number of nitrogens with zero attached hydrogens (tertiary/aromatic N) is 1. The number of aromatic nitrogens is 1. The molecule has 0 N–H and O–H groups in total. The van der Waals surface area contributed by atoms with Crippen LogP contribution in [0.2, 0.25) is 0 Å². The van der Waals surface area contributed by atoms with Gasteiger partial charge in [-0.2, -0.15) is 0 Å². The molecule has 0 saturated carbocycles. The van der Waals surface area contributed by atoms with Gasteiger partial charge in [-0.15, -0.1) is 0 Å². The highest BCUT2D eigenvalue weighted by atomic mass is 32.2. The van der Waals surface area contributed by atoms with Crippen LogP contribution in [-0.4, -0.2) is 40.5 Å². The topological polar surface area (TPSA) is 101 Å². The minimum Gasteiger partial charge on any atom is -0.462 e. The van der Waals surface area contributed by atoms with Crippen molar-refractivity contribution in [1.29, 1.82) is 0 Å². The molecular formula is C15H17NO7S. The number of hydrogen-bond donors (Lipinski definition) is 0. The summed E-state index contributed by atoms with van der Waals surface area (Å²) in [6.07, 6.45) is 0. The predicted octanol–water partition coefficient (Wildman–Crippen LogP) is 0.872. The summed E-state index contributed by atoms with van der Waals surface area (Å²) in [7, 11) is 0. The van der Waals surface area contributed by atoms with E-state index < -0.39 is 28.6 Å². The predicted molar refractivity (Wildman–Crippen MR) is 84.5 cm³/mol. The van der Waals surface area contributed by atoms with Crippen LogP contribution in [0.3, 0.4) is 0 Å². The average molecular weight is 355 g/mol. The number of rotatable bonds is 4. The van der Waals surface area contributed by atoms with E-state index in [4.69, 9.17) is 13.7 Å². The van der Waals surface area contributed by atoms with Crippen molar-refractivity contribution in [1.82, 2.24) is 4.57 Å². The number of esters is 2. The molecule has 1 atom stereocenters. The molecule has 0 radical (unpaired) electrons. The van der Waals surface area contributed by atoms with E-state index >= 15 is 0 Å². The van der Waals surface area contributed by atoms with Crippen LogP contribution in [0.15, 0.2) is 27.5 Å². The molecule has 2 rings (SSSR count). The first-order valence-corrected chi connectivity index (χ1v) is 8.35. The SMILES string of the molecule is CCOC(=O)C1=C(C)COS(=O)c2c(C(=O)OCC)ccc(=O)n21. The Labute approximate surface area is 140 Å². The fourth-order valence-corrected chi connectivity index (χ4v) is 3.24. The second-order valence-corrected chi connectivity index (χ2v) is 5.88. The van der Waals surface area contributed by atoms with Crippen LogP contribution < -0.4 is 5.56 Å². The largest absolute Gasteiger partial charge is 0.462 e. The van der Waals surface area contributed by atoms with Gasteiger partial charge in [0.1, 0.15) is 5.70 Å². The van der Waals surface area contributed by atoms with Gasteiger partial charge in [-0.25, -0.2) is 13.8 Å². The van der Waals surface area contributed by atoms with E-state index in [0.717, 1.165) is 10.6 Å². The summed E-state index contributed by atoms with van der Waals surface area (Å²) in [5, 5.41) is -0.235. The smallest absolute Gasteiger partial charge is 0.355 e. The Morgan fingerprint density at radius 2 is 1.83 bits per heavy atom. The zero-order valence-electron chi connectivity index (χ0n) is 13.5. The van der Waals surface area contributed by atoms with Gasteiger partial charge in [-0.3, -0.25) is 13.5 Å². The van der Waals surface area contributed by atoms with E-state index in [1.807, 2.05) is 0 Å². The summed E-state index contributed by atoms with van der Waals surface area (Å²) in [4.78, 5) is 36.7. The van der Waals surface area contributed by atoms with Gasteiger partial charge >= 0.3 is 11.9 Å². The number of carbonyl (C=O) groups is 2. The molecular weight excluding hydrogens is 338 g/mol. The van der Waals surface area contributed by atoms with Gasteiger partial charge in [0.05, 0.1) is 25.4 Å². The first-order valence-electron chi connectivity index (χ1n) is 7.27. The molecule has 0 fully saturated rings. The quantitative estimate of drug-likeness (QED) is 0.739. The fourth-order valence-electron chi connectivity index (χ4n) is 2.18. The molecule has 2 heterocycles. The maximum atomic E-state index is 12.4. The minimum absolute atomic E-state index is 0.0984. The van der Waals surface area contributed by atoms with Crippen LogP contribution in [0.5, 0.6) is 0 Å². The third-order valence-corrected chi connectivity index (χ3v) is 4.23. The molecule has 1 aromatic heterocycles. The number of fused-ring (bicyclic) bond motifs is 1. The molecule has 9 heteroatoms. The summed E-state index contributed by atoms with van der Waals surface area (Å²) >= 11 is -2.13. The van der Waals surface area contributed by atoms with Crippen LogP contribution in [0.1, 0.15) is 31.1 Å². The number of pyridine rings is 1. The monoisotopic (exact) mass is 355 g/mol. The average Bonchev–Trinajstić information content (AvgIpc) is 2.66. The summed E-state index contributed by atoms with van der Waals surface area (Å²) in [5.41, 5.74) is -0.469. The van der Waals surface area contributed by atoms with Crippen LogP contribution >= 0.6 is 0 Å². The lowest BCUT2D eigenvalue weighted by Crippen LogP contribution is -2.29. The lowest BCUT2D eigenvalue weighted by Gasteiger charge is -2.15. The van der Waals surface area contributed by atoms with Crippen LogP contribution in [0.25, 0.3) is 5.70 Å². The Morgan fingerprint density at radius 1 is 1.21 bits per heavy atom. The molecule has 0 amide bonds. The van der Waals surface area contributed by atoms with Crippen molar-refractivity contribution < 1.29 is 27.5 Å². The lowest BCUT2D eigenvalue weighted by molar-refractivity contribution is -0.136. The maximum absolute atomic E-state index is 12.4. The Kier molecular flexibility index (Phi) is 5.68. The number of ether oxygens (including phenoxy) is 2. The van der Waals surface area contributed by atoms with Crippen molar-refractivity contribution in [2.24, 2.45) is 0 Å². The normalized spacial score (nSPS) is 17.0. The molecule has 0 bridgehead atoms. The molecule has 1 aliphatic rings. The summed E-state index contributed by atoms with van der Waals surface area (Å²) in [6, 6.07) is 2.31. The minimum atomic E-state index is -2.13.